The van der Waals surface area contributed by atoms with Crippen LogP contribution in [0.2, 0.25) is 0 Å². The first kappa shape index (κ1) is 17.9. The molecule has 0 saturated carbocycles. The Morgan fingerprint density at radius 1 is 1.55 bits per heavy atom. The monoisotopic (exact) mass is 380 g/mol. The molecular weight excluding hydrogens is 370 g/mol. The molecule has 2 rings (SSSR count). The molecule has 0 bridgehead atoms. The second-order valence-electron chi connectivity index (χ2n) is 4.57. The van der Waals surface area contributed by atoms with E-state index in [0.29, 0.717) is 11.3 Å². The molecule has 1 radical (unpaired) electrons. The molecular formula is C11H10F3N2O2SY-. The zero-order chi connectivity index (χ0) is 14.3. The summed E-state index contributed by atoms with van der Waals surface area (Å²) in [7, 11) is 0. The summed E-state index contributed by atoms with van der Waals surface area (Å²) in [5, 5.41) is 10.1. The molecule has 0 aromatic carbocycles. The second kappa shape index (κ2) is 6.29. The Labute approximate surface area is 143 Å². The van der Waals surface area contributed by atoms with Crippen LogP contribution in [0.3, 0.4) is 0 Å². The Balaban J connectivity index is 0.00000200. The van der Waals surface area contributed by atoms with Crippen LogP contribution in [0.1, 0.15) is 23.7 Å². The van der Waals surface area contributed by atoms with Crippen molar-refractivity contribution in [1.29, 1.82) is 0 Å². The van der Waals surface area contributed by atoms with Crippen LogP contribution in [0.4, 0.5) is 12.7 Å². The average molecular weight is 380 g/mol. The molecule has 1 unspecified atom stereocenters. The van der Waals surface area contributed by atoms with E-state index in [4.69, 9.17) is 0 Å². The molecule has 1 heterocycles. The Bertz CT molecular complexity index is 527. The third-order valence-electron chi connectivity index (χ3n) is 3.03. The molecule has 0 fully saturated rings. The molecule has 1 aromatic heterocycles. The van der Waals surface area contributed by atoms with Crippen molar-refractivity contribution in [3.63, 3.8) is 0 Å². The van der Waals surface area contributed by atoms with Crippen LogP contribution in [0.5, 0.6) is 0 Å². The standard InChI is InChI=1S/C11H11F3N2O2S.Y/c1-10(12,13)7-2-6-3-11(18,9(17)16-19-14)4-8(6)15-5-7;/h2,5,18H,3-4H2,1H3,(H,16,17);/p-1. The maximum atomic E-state index is 13.2. The molecule has 1 aliphatic carbocycles. The summed E-state index contributed by atoms with van der Waals surface area (Å²) in [5.74, 6) is -4.07. The number of amides is 1. The summed E-state index contributed by atoms with van der Waals surface area (Å²) in [6, 6.07) is 1.20. The number of nitrogens with zero attached hydrogens (tertiary/aromatic N) is 2. The van der Waals surface area contributed by atoms with Gasteiger partial charge in [0.05, 0.1) is 5.91 Å². The van der Waals surface area contributed by atoms with Gasteiger partial charge in [-0.25, -0.2) is 8.78 Å². The smallest absolute Gasteiger partial charge is 0.272 e. The van der Waals surface area contributed by atoms with Gasteiger partial charge in [0.15, 0.2) is 0 Å². The van der Waals surface area contributed by atoms with Crippen LogP contribution >= 0.6 is 12.3 Å². The second-order valence-corrected chi connectivity index (χ2v) is 4.89. The number of halogens is 3. The van der Waals surface area contributed by atoms with Gasteiger partial charge < -0.3 is 14.6 Å². The van der Waals surface area contributed by atoms with E-state index in [1.54, 1.807) is 0 Å². The first-order valence-corrected chi connectivity index (χ1v) is 6.05. The maximum absolute atomic E-state index is 13.2. The number of carbonyl (C=O) groups excluding carboxylic acids is 1. The molecule has 0 spiro atoms. The number of rotatable bonds is 3. The van der Waals surface area contributed by atoms with Crippen LogP contribution in [0.15, 0.2) is 12.3 Å². The van der Waals surface area contributed by atoms with Crippen LogP contribution in [0.25, 0.3) is 4.72 Å². The third-order valence-corrected chi connectivity index (χ3v) is 3.26. The molecule has 0 aliphatic heterocycles. The fourth-order valence-electron chi connectivity index (χ4n) is 2.01. The maximum Gasteiger partial charge on any atom is 0.272 e. The Kier molecular flexibility index (Phi) is 5.63. The van der Waals surface area contributed by atoms with Crippen LogP contribution in [-0.4, -0.2) is 21.6 Å². The molecule has 9 heteroatoms. The van der Waals surface area contributed by atoms with Gasteiger partial charge in [0.1, 0.15) is 5.60 Å². The van der Waals surface area contributed by atoms with Gasteiger partial charge in [-0.1, -0.05) is 0 Å². The minimum Gasteiger partial charge on any atom is -0.569 e. The SMILES string of the molecule is CC(F)(F)c1cnc2c(c1)CC(O)(C(=O)[N-]SF)C2.[Y]. The van der Waals surface area contributed by atoms with Crippen LogP contribution < -0.4 is 0 Å². The summed E-state index contributed by atoms with van der Waals surface area (Å²) in [4.78, 5) is 15.3. The van der Waals surface area contributed by atoms with E-state index in [0.717, 1.165) is 13.1 Å². The van der Waals surface area contributed by atoms with Crippen molar-refractivity contribution < 1.29 is 55.3 Å². The fourth-order valence-corrected chi connectivity index (χ4v) is 2.25. The molecule has 4 nitrogen and oxygen atoms in total. The number of fused-ring (bicyclic) bond motifs is 1. The van der Waals surface area contributed by atoms with Crippen molar-refractivity contribution in [3.8, 4) is 0 Å². The third kappa shape index (κ3) is 3.53. The number of hydrogen-bond donors (Lipinski definition) is 1. The Morgan fingerprint density at radius 3 is 2.75 bits per heavy atom. The van der Waals surface area contributed by atoms with E-state index in [2.05, 4.69) is 9.71 Å². The van der Waals surface area contributed by atoms with Crippen LogP contribution in [-0.2, 0) is 56.3 Å². The first-order chi connectivity index (χ1) is 8.76. The normalized spacial score (nSPS) is 21.1. The molecule has 1 amide bonds. The van der Waals surface area contributed by atoms with Crippen molar-refractivity contribution in [1.82, 2.24) is 4.98 Å². The van der Waals surface area contributed by atoms with Gasteiger partial charge in [-0.05, 0) is 24.0 Å². The quantitative estimate of drug-likeness (QED) is 0.819. The van der Waals surface area contributed by atoms with Crippen molar-refractivity contribution >= 4 is 18.2 Å². The number of carbonyl (C=O) groups is 1. The summed E-state index contributed by atoms with van der Waals surface area (Å²) in [6.07, 6.45) is 0.666. The largest absolute Gasteiger partial charge is 0.569 e. The molecule has 1 atom stereocenters. The minimum absolute atomic E-state index is 0. The first-order valence-electron chi connectivity index (χ1n) is 5.38. The number of pyridine rings is 1. The molecule has 107 valence electrons. The zero-order valence-corrected chi connectivity index (χ0v) is 14.1. The minimum atomic E-state index is -3.05. The van der Waals surface area contributed by atoms with Gasteiger partial charge >= 0.3 is 0 Å². The molecule has 1 aromatic rings. The van der Waals surface area contributed by atoms with Gasteiger partial charge in [0.25, 0.3) is 5.92 Å². The molecule has 20 heavy (non-hydrogen) atoms. The van der Waals surface area contributed by atoms with Crippen LogP contribution in [0, 0.1) is 0 Å². The molecule has 1 N–H and O–H groups in total. The number of hydrogen-bond acceptors (Lipinski definition) is 4. The Morgan fingerprint density at radius 2 is 2.20 bits per heavy atom. The molecule has 0 saturated heterocycles. The van der Waals surface area contributed by atoms with Crippen molar-refractivity contribution in [2.24, 2.45) is 0 Å². The molecule has 1 aliphatic rings. The van der Waals surface area contributed by atoms with Gasteiger partial charge in [-0.2, -0.15) is 3.89 Å². The summed E-state index contributed by atoms with van der Waals surface area (Å²) < 4.78 is 41.1. The topological polar surface area (TPSA) is 64.3 Å². The van der Waals surface area contributed by atoms with Gasteiger partial charge in [-0.15, -0.1) is 0 Å². The number of aliphatic hydroxyl groups is 1. The van der Waals surface area contributed by atoms with Gasteiger partial charge in [0, 0.05) is 69.9 Å². The average Bonchev–Trinajstić information content (AvgIpc) is 2.64. The van der Waals surface area contributed by atoms with Crippen molar-refractivity contribution in [3.05, 3.63) is 33.8 Å². The predicted molar refractivity (Wildman–Crippen MR) is 63.2 cm³/mol. The summed E-state index contributed by atoms with van der Waals surface area (Å²) in [6.45, 7) is 0.734. The Hall–Kier alpha value is -0.176. The van der Waals surface area contributed by atoms with E-state index in [-0.39, 0.29) is 51.1 Å². The van der Waals surface area contributed by atoms with E-state index >= 15 is 0 Å². The summed E-state index contributed by atoms with van der Waals surface area (Å²) >= 11 is -0.544. The van der Waals surface area contributed by atoms with Crippen molar-refractivity contribution in [2.75, 3.05) is 0 Å². The predicted octanol–water partition coefficient (Wildman–Crippen LogP) is 2.45. The van der Waals surface area contributed by atoms with E-state index < -0.39 is 29.8 Å². The fraction of sp³-hybridized carbons (Fsp3) is 0.455. The van der Waals surface area contributed by atoms with E-state index in [1.165, 1.54) is 6.07 Å². The van der Waals surface area contributed by atoms with Crippen molar-refractivity contribution in [2.45, 2.75) is 31.3 Å². The van der Waals surface area contributed by atoms with Gasteiger partial charge in [0.2, 0.25) is 0 Å². The zero-order valence-electron chi connectivity index (χ0n) is 10.4. The number of alkyl halides is 2. The number of aromatic nitrogens is 1. The summed E-state index contributed by atoms with van der Waals surface area (Å²) in [5.41, 5.74) is -1.48. The van der Waals surface area contributed by atoms with E-state index in [1.807, 2.05) is 0 Å². The van der Waals surface area contributed by atoms with Gasteiger partial charge in [-0.3, -0.25) is 4.98 Å². The van der Waals surface area contributed by atoms with E-state index in [9.17, 15) is 22.6 Å².